The van der Waals surface area contributed by atoms with E-state index in [1.165, 1.54) is 18.6 Å². The second kappa shape index (κ2) is 6.91. The predicted molar refractivity (Wildman–Crippen MR) is 86.4 cm³/mol. The number of piperidine rings is 1. The summed E-state index contributed by atoms with van der Waals surface area (Å²) >= 11 is 0. The van der Waals surface area contributed by atoms with Gasteiger partial charge in [0.1, 0.15) is 11.9 Å². The number of aryl methyl sites for hydroxylation is 1. The van der Waals surface area contributed by atoms with Gasteiger partial charge >= 0.3 is 0 Å². The first-order valence-corrected chi connectivity index (χ1v) is 7.93. The molecule has 1 N–H and O–H groups in total. The van der Waals surface area contributed by atoms with Crippen molar-refractivity contribution < 1.29 is 9.18 Å². The maximum atomic E-state index is 13.2. The molecule has 2 heterocycles. The van der Waals surface area contributed by atoms with Gasteiger partial charge in [-0.2, -0.15) is 0 Å². The molecule has 0 aliphatic carbocycles. The molecular weight excluding hydrogens is 295 g/mol. The molecule has 23 heavy (non-hydrogen) atoms. The molecule has 0 radical (unpaired) electrons. The number of nitrogens with one attached hydrogen (secondary N) is 1. The highest BCUT2D eigenvalue weighted by Crippen LogP contribution is 2.26. The quantitative estimate of drug-likeness (QED) is 0.943. The first kappa shape index (κ1) is 15.7. The monoisotopic (exact) mass is 316 g/mol. The lowest BCUT2D eigenvalue weighted by Gasteiger charge is -2.33. The van der Waals surface area contributed by atoms with E-state index in [4.69, 9.17) is 0 Å². The highest BCUT2D eigenvalue weighted by atomic mass is 19.1. The number of nitrogens with zero attached hydrogens (tertiary/aromatic N) is 3. The largest absolute Gasteiger partial charge is 0.320 e. The van der Waals surface area contributed by atoms with Crippen molar-refractivity contribution in [2.75, 3.05) is 18.4 Å². The van der Waals surface area contributed by atoms with Crippen LogP contribution in [0.3, 0.4) is 0 Å². The molecule has 1 saturated heterocycles. The number of hydrogen-bond donors (Lipinski definition) is 1. The number of rotatable bonds is 4. The molecule has 5 nitrogen and oxygen atoms in total. The lowest BCUT2D eigenvalue weighted by atomic mass is 10.0. The van der Waals surface area contributed by atoms with Gasteiger partial charge in [0.05, 0.1) is 0 Å². The minimum absolute atomic E-state index is 0.132. The van der Waals surface area contributed by atoms with E-state index >= 15 is 0 Å². The van der Waals surface area contributed by atoms with Crippen molar-refractivity contribution in [2.45, 2.75) is 25.3 Å². The van der Waals surface area contributed by atoms with Crippen LogP contribution < -0.4 is 5.32 Å². The van der Waals surface area contributed by atoms with E-state index in [-0.39, 0.29) is 11.7 Å². The lowest BCUT2D eigenvalue weighted by molar-refractivity contribution is -0.122. The van der Waals surface area contributed by atoms with Crippen LogP contribution in [0.2, 0.25) is 0 Å². The second-order valence-electron chi connectivity index (χ2n) is 5.90. The summed E-state index contributed by atoms with van der Waals surface area (Å²) < 4.78 is 15.0. The Morgan fingerprint density at radius 3 is 2.52 bits per heavy atom. The summed E-state index contributed by atoms with van der Waals surface area (Å²) in [4.78, 5) is 19.2. The molecule has 3 rings (SSSR count). The topological polar surface area (TPSA) is 50.2 Å². The van der Waals surface area contributed by atoms with Crippen LogP contribution in [0.1, 0.15) is 30.9 Å². The number of likely N-dealkylation sites (tertiary alicyclic amines) is 1. The second-order valence-corrected chi connectivity index (χ2v) is 5.90. The van der Waals surface area contributed by atoms with Gasteiger partial charge in [-0.3, -0.25) is 15.0 Å². The molecule has 0 bridgehead atoms. The van der Waals surface area contributed by atoms with Gasteiger partial charge in [0, 0.05) is 19.4 Å². The van der Waals surface area contributed by atoms with E-state index in [0.717, 1.165) is 31.5 Å². The average molecular weight is 316 g/mol. The van der Waals surface area contributed by atoms with E-state index in [1.807, 2.05) is 7.05 Å². The summed E-state index contributed by atoms with van der Waals surface area (Å²) in [5.74, 6) is 0.0857. The first-order valence-electron chi connectivity index (χ1n) is 7.93. The van der Waals surface area contributed by atoms with Crippen LogP contribution in [-0.4, -0.2) is 33.4 Å². The van der Waals surface area contributed by atoms with E-state index in [2.05, 4.69) is 15.2 Å². The Labute approximate surface area is 135 Å². The molecule has 1 unspecified atom stereocenters. The van der Waals surface area contributed by atoms with Crippen LogP contribution in [0.5, 0.6) is 0 Å². The molecule has 1 amide bonds. The number of anilines is 1. The Morgan fingerprint density at radius 2 is 1.91 bits per heavy atom. The number of carbonyl (C=O) groups is 1. The minimum atomic E-state index is -0.424. The van der Waals surface area contributed by atoms with Crippen molar-refractivity contribution in [3.63, 3.8) is 0 Å². The maximum Gasteiger partial charge on any atom is 0.248 e. The van der Waals surface area contributed by atoms with Crippen LogP contribution in [0.4, 0.5) is 10.3 Å². The van der Waals surface area contributed by atoms with Gasteiger partial charge in [0.25, 0.3) is 0 Å². The lowest BCUT2D eigenvalue weighted by Crippen LogP contribution is -2.40. The van der Waals surface area contributed by atoms with Crippen molar-refractivity contribution in [2.24, 2.45) is 7.05 Å². The fourth-order valence-corrected chi connectivity index (χ4v) is 3.01. The Kier molecular flexibility index (Phi) is 4.71. The van der Waals surface area contributed by atoms with E-state index in [9.17, 15) is 9.18 Å². The number of aromatic nitrogens is 2. The molecule has 6 heteroatoms. The van der Waals surface area contributed by atoms with Crippen molar-refractivity contribution in [1.29, 1.82) is 0 Å². The van der Waals surface area contributed by atoms with E-state index < -0.39 is 6.04 Å². The van der Waals surface area contributed by atoms with Crippen LogP contribution in [0.25, 0.3) is 0 Å². The van der Waals surface area contributed by atoms with Crippen LogP contribution in [0.15, 0.2) is 36.7 Å². The fraction of sp³-hybridized carbons (Fsp3) is 0.412. The fourth-order valence-electron chi connectivity index (χ4n) is 3.01. The Bertz CT molecular complexity index is 661. The van der Waals surface area contributed by atoms with Crippen molar-refractivity contribution in [3.05, 3.63) is 48.0 Å². The summed E-state index contributed by atoms with van der Waals surface area (Å²) in [6.07, 6.45) is 6.77. The minimum Gasteiger partial charge on any atom is -0.320 e. The van der Waals surface area contributed by atoms with Crippen molar-refractivity contribution >= 4 is 11.9 Å². The Hall–Kier alpha value is -2.21. The number of amides is 1. The zero-order chi connectivity index (χ0) is 16.2. The Morgan fingerprint density at radius 1 is 1.22 bits per heavy atom. The predicted octanol–water partition coefficient (Wildman–Crippen LogP) is 2.72. The molecule has 1 fully saturated rings. The van der Waals surface area contributed by atoms with Gasteiger partial charge in [-0.15, -0.1) is 0 Å². The normalized spacial score (nSPS) is 17.0. The molecule has 1 aromatic heterocycles. The van der Waals surface area contributed by atoms with Gasteiger partial charge in [0.2, 0.25) is 11.9 Å². The summed E-state index contributed by atoms with van der Waals surface area (Å²) in [5.41, 5.74) is 0.806. The molecule has 1 atom stereocenters. The van der Waals surface area contributed by atoms with Crippen LogP contribution in [-0.2, 0) is 11.8 Å². The van der Waals surface area contributed by atoms with Crippen molar-refractivity contribution in [1.82, 2.24) is 14.5 Å². The molecule has 1 aliphatic heterocycles. The highest BCUT2D eigenvalue weighted by molar-refractivity contribution is 5.94. The van der Waals surface area contributed by atoms with E-state index in [1.54, 1.807) is 29.1 Å². The highest BCUT2D eigenvalue weighted by Gasteiger charge is 2.29. The number of halogens is 1. The molecule has 122 valence electrons. The third kappa shape index (κ3) is 3.59. The van der Waals surface area contributed by atoms with Crippen LogP contribution in [0, 0.1) is 5.82 Å². The summed E-state index contributed by atoms with van der Waals surface area (Å²) in [5, 5.41) is 2.88. The van der Waals surface area contributed by atoms with Crippen LogP contribution >= 0.6 is 0 Å². The molecule has 1 aliphatic rings. The zero-order valence-corrected chi connectivity index (χ0v) is 13.2. The molecule has 0 spiro atoms. The standard InChI is InChI=1S/C17H21FN4O/c1-21-12-9-19-17(21)20-16(23)15(22-10-3-2-4-11-22)13-5-7-14(18)8-6-13/h5-9,12,15H,2-4,10-11H2,1H3,(H,19,20,23). The van der Waals surface area contributed by atoms with E-state index in [0.29, 0.717) is 5.95 Å². The number of imidazole rings is 1. The maximum absolute atomic E-state index is 13.2. The van der Waals surface area contributed by atoms with Gasteiger partial charge in [0.15, 0.2) is 0 Å². The average Bonchev–Trinajstić information content (AvgIpc) is 2.96. The van der Waals surface area contributed by atoms with Gasteiger partial charge in [-0.05, 0) is 43.6 Å². The van der Waals surface area contributed by atoms with Gasteiger partial charge in [-0.25, -0.2) is 9.37 Å². The Balaban J connectivity index is 1.86. The SMILES string of the molecule is Cn1ccnc1NC(=O)C(c1ccc(F)cc1)N1CCCCC1. The van der Waals surface area contributed by atoms with Gasteiger partial charge in [-0.1, -0.05) is 18.6 Å². The third-order valence-electron chi connectivity index (χ3n) is 4.25. The molecular formula is C17H21FN4O. The summed E-state index contributed by atoms with van der Waals surface area (Å²) in [6.45, 7) is 1.74. The first-order chi connectivity index (χ1) is 11.1. The summed E-state index contributed by atoms with van der Waals surface area (Å²) in [7, 11) is 1.83. The van der Waals surface area contributed by atoms with Gasteiger partial charge < -0.3 is 4.57 Å². The summed E-state index contributed by atoms with van der Waals surface area (Å²) in [6, 6.07) is 5.76. The molecule has 2 aromatic rings. The number of benzene rings is 1. The zero-order valence-electron chi connectivity index (χ0n) is 13.2. The van der Waals surface area contributed by atoms with Crippen molar-refractivity contribution in [3.8, 4) is 0 Å². The third-order valence-corrected chi connectivity index (χ3v) is 4.25. The molecule has 1 aromatic carbocycles. The number of carbonyl (C=O) groups excluding carboxylic acids is 1. The number of hydrogen-bond acceptors (Lipinski definition) is 3. The smallest absolute Gasteiger partial charge is 0.248 e. The molecule has 0 saturated carbocycles.